The van der Waals surface area contributed by atoms with Crippen LogP contribution in [0.4, 0.5) is 0 Å². The average molecular weight is 261 g/mol. The van der Waals surface area contributed by atoms with Crippen molar-refractivity contribution >= 4 is 11.7 Å². The number of Topliss-reactive ketones (excluding diaryl/α,β-unsaturated/α-hetero) is 1. The van der Waals surface area contributed by atoms with Crippen LogP contribution in [-0.4, -0.2) is 36.8 Å². The summed E-state index contributed by atoms with van der Waals surface area (Å²) in [4.78, 5) is 25.6. The fraction of sp³-hybridized carbons (Fsp3) is 0.467. The number of carbonyl (C=O) groups excluding carboxylic acids is 2. The van der Waals surface area contributed by atoms with Crippen molar-refractivity contribution in [3.63, 3.8) is 0 Å². The number of methoxy groups -OCH3 is 1. The summed E-state index contributed by atoms with van der Waals surface area (Å²) in [5.74, 6) is 0.585. The number of aryl methyl sites for hydroxylation is 2. The number of likely N-dealkylation sites (tertiary alicyclic amines) is 1. The van der Waals surface area contributed by atoms with Gasteiger partial charge >= 0.3 is 0 Å². The standard InChI is InChI=1S/C15H19NO3/c1-10-7-13(14(19-3)8-11(10)2)15(18)16-6-4-5-12(17)9-16/h7-8H,4-6,9H2,1-3H3. The summed E-state index contributed by atoms with van der Waals surface area (Å²) in [5.41, 5.74) is 2.68. The molecule has 0 aromatic heterocycles. The first-order valence-electron chi connectivity index (χ1n) is 6.49. The maximum Gasteiger partial charge on any atom is 0.258 e. The van der Waals surface area contributed by atoms with Gasteiger partial charge in [-0.05, 0) is 43.5 Å². The zero-order valence-electron chi connectivity index (χ0n) is 11.7. The van der Waals surface area contributed by atoms with Crippen molar-refractivity contribution in [3.05, 3.63) is 28.8 Å². The van der Waals surface area contributed by atoms with Crippen molar-refractivity contribution in [2.24, 2.45) is 0 Å². The fourth-order valence-corrected chi connectivity index (χ4v) is 2.31. The molecule has 1 saturated heterocycles. The number of ether oxygens (including phenoxy) is 1. The lowest BCUT2D eigenvalue weighted by atomic mass is 10.0. The normalized spacial score (nSPS) is 15.5. The summed E-state index contributed by atoms with van der Waals surface area (Å²) in [6.07, 6.45) is 1.32. The average Bonchev–Trinajstić information content (AvgIpc) is 2.40. The van der Waals surface area contributed by atoms with Gasteiger partial charge in [0.25, 0.3) is 5.91 Å². The molecule has 1 fully saturated rings. The van der Waals surface area contributed by atoms with Gasteiger partial charge in [0, 0.05) is 13.0 Å². The minimum Gasteiger partial charge on any atom is -0.496 e. The Kier molecular flexibility index (Phi) is 3.88. The molecule has 4 nitrogen and oxygen atoms in total. The first kappa shape index (κ1) is 13.6. The lowest BCUT2D eigenvalue weighted by molar-refractivity contribution is -0.121. The smallest absolute Gasteiger partial charge is 0.258 e. The molecule has 0 bridgehead atoms. The maximum absolute atomic E-state index is 12.5. The van der Waals surface area contributed by atoms with Gasteiger partial charge in [-0.2, -0.15) is 0 Å². The second-order valence-electron chi connectivity index (χ2n) is 5.01. The van der Waals surface area contributed by atoms with Gasteiger partial charge in [-0.15, -0.1) is 0 Å². The minimum absolute atomic E-state index is 0.118. The topological polar surface area (TPSA) is 46.6 Å². The van der Waals surface area contributed by atoms with Crippen LogP contribution in [0.2, 0.25) is 0 Å². The molecule has 4 heteroatoms. The molecule has 1 aliphatic rings. The van der Waals surface area contributed by atoms with Crippen molar-refractivity contribution in [2.75, 3.05) is 20.2 Å². The third-order valence-corrected chi connectivity index (χ3v) is 3.58. The SMILES string of the molecule is COc1cc(C)c(C)cc1C(=O)N1CCCC(=O)C1. The number of hydrogen-bond donors (Lipinski definition) is 0. The monoisotopic (exact) mass is 261 g/mol. The molecule has 1 aliphatic heterocycles. The van der Waals surface area contributed by atoms with E-state index in [0.29, 0.717) is 24.3 Å². The number of rotatable bonds is 2. The van der Waals surface area contributed by atoms with E-state index in [0.717, 1.165) is 17.5 Å². The highest BCUT2D eigenvalue weighted by atomic mass is 16.5. The molecule has 0 unspecified atom stereocenters. The van der Waals surface area contributed by atoms with Crippen LogP contribution in [0.15, 0.2) is 12.1 Å². The predicted molar refractivity (Wildman–Crippen MR) is 72.6 cm³/mol. The van der Waals surface area contributed by atoms with Gasteiger partial charge in [0.05, 0.1) is 19.2 Å². The highest BCUT2D eigenvalue weighted by Crippen LogP contribution is 2.25. The Morgan fingerprint density at radius 1 is 1.26 bits per heavy atom. The Balaban J connectivity index is 2.32. The van der Waals surface area contributed by atoms with Crippen molar-refractivity contribution in [3.8, 4) is 5.75 Å². The Bertz CT molecular complexity index is 522. The molecular weight excluding hydrogens is 242 g/mol. The third kappa shape index (κ3) is 2.78. The fourth-order valence-electron chi connectivity index (χ4n) is 2.31. The molecule has 0 aliphatic carbocycles. The van der Waals surface area contributed by atoms with E-state index in [1.807, 2.05) is 26.0 Å². The first-order chi connectivity index (χ1) is 9.02. The zero-order valence-corrected chi connectivity index (χ0v) is 11.7. The van der Waals surface area contributed by atoms with Crippen molar-refractivity contribution in [1.29, 1.82) is 0 Å². The number of amides is 1. The van der Waals surface area contributed by atoms with Gasteiger partial charge in [-0.1, -0.05) is 0 Å². The quantitative estimate of drug-likeness (QED) is 0.819. The summed E-state index contributed by atoms with van der Waals surface area (Å²) in [7, 11) is 1.56. The maximum atomic E-state index is 12.5. The summed E-state index contributed by atoms with van der Waals surface area (Å²) in [6.45, 7) is 4.80. The zero-order chi connectivity index (χ0) is 14.0. The van der Waals surface area contributed by atoms with E-state index in [2.05, 4.69) is 0 Å². The van der Waals surface area contributed by atoms with Gasteiger partial charge in [0.1, 0.15) is 5.75 Å². The molecule has 0 atom stereocenters. The Morgan fingerprint density at radius 2 is 1.95 bits per heavy atom. The molecule has 1 aromatic carbocycles. The van der Waals surface area contributed by atoms with Crippen LogP contribution in [0.3, 0.4) is 0 Å². The van der Waals surface area contributed by atoms with Crippen LogP contribution in [0.25, 0.3) is 0 Å². The number of benzene rings is 1. The lowest BCUT2D eigenvalue weighted by Gasteiger charge is -2.26. The van der Waals surface area contributed by atoms with Crippen LogP contribution in [0.5, 0.6) is 5.75 Å². The summed E-state index contributed by atoms with van der Waals surface area (Å²) < 4.78 is 5.29. The van der Waals surface area contributed by atoms with Crippen LogP contribution >= 0.6 is 0 Å². The van der Waals surface area contributed by atoms with Crippen molar-refractivity contribution in [2.45, 2.75) is 26.7 Å². The summed E-state index contributed by atoms with van der Waals surface area (Å²) in [6, 6.07) is 3.71. The second kappa shape index (κ2) is 5.43. The molecule has 0 spiro atoms. The molecule has 0 saturated carbocycles. The van der Waals surface area contributed by atoms with Gasteiger partial charge in [0.15, 0.2) is 5.78 Å². The molecule has 0 N–H and O–H groups in total. The summed E-state index contributed by atoms with van der Waals surface area (Å²) in [5, 5.41) is 0. The minimum atomic E-state index is -0.118. The molecule has 102 valence electrons. The summed E-state index contributed by atoms with van der Waals surface area (Å²) >= 11 is 0. The second-order valence-corrected chi connectivity index (χ2v) is 5.01. The van der Waals surface area contributed by atoms with E-state index in [1.165, 1.54) is 0 Å². The van der Waals surface area contributed by atoms with E-state index < -0.39 is 0 Å². The van der Waals surface area contributed by atoms with Crippen LogP contribution in [0, 0.1) is 13.8 Å². The molecule has 2 rings (SSSR count). The molecule has 19 heavy (non-hydrogen) atoms. The van der Waals surface area contributed by atoms with Gasteiger partial charge in [-0.25, -0.2) is 0 Å². The molecule has 1 aromatic rings. The third-order valence-electron chi connectivity index (χ3n) is 3.58. The Hall–Kier alpha value is -1.84. The largest absolute Gasteiger partial charge is 0.496 e. The highest BCUT2D eigenvalue weighted by molar-refractivity contribution is 5.99. The molecule has 1 heterocycles. The van der Waals surface area contributed by atoms with E-state index in [-0.39, 0.29) is 18.2 Å². The molecular formula is C15H19NO3. The molecule has 1 amide bonds. The number of carbonyl (C=O) groups is 2. The van der Waals surface area contributed by atoms with Crippen LogP contribution in [0.1, 0.15) is 34.3 Å². The highest BCUT2D eigenvalue weighted by Gasteiger charge is 2.25. The number of piperidine rings is 1. The van der Waals surface area contributed by atoms with Crippen molar-refractivity contribution < 1.29 is 14.3 Å². The van der Waals surface area contributed by atoms with Gasteiger partial charge in [0.2, 0.25) is 0 Å². The number of hydrogen-bond acceptors (Lipinski definition) is 3. The number of nitrogens with zero attached hydrogens (tertiary/aromatic N) is 1. The van der Waals surface area contributed by atoms with Crippen LogP contribution in [-0.2, 0) is 4.79 Å². The predicted octanol–water partition coefficient (Wildman–Crippen LogP) is 2.12. The van der Waals surface area contributed by atoms with Gasteiger partial charge in [-0.3, -0.25) is 9.59 Å². The van der Waals surface area contributed by atoms with Crippen molar-refractivity contribution in [1.82, 2.24) is 4.90 Å². The van der Waals surface area contributed by atoms with E-state index in [9.17, 15) is 9.59 Å². The van der Waals surface area contributed by atoms with E-state index in [4.69, 9.17) is 4.74 Å². The van der Waals surface area contributed by atoms with Gasteiger partial charge < -0.3 is 9.64 Å². The van der Waals surface area contributed by atoms with E-state index in [1.54, 1.807) is 12.0 Å². The van der Waals surface area contributed by atoms with Crippen LogP contribution < -0.4 is 4.74 Å². The first-order valence-corrected chi connectivity index (χ1v) is 6.49. The number of ketones is 1. The Morgan fingerprint density at radius 3 is 2.58 bits per heavy atom. The Labute approximate surface area is 113 Å². The molecule has 0 radical (unpaired) electrons. The van der Waals surface area contributed by atoms with E-state index >= 15 is 0 Å². The lowest BCUT2D eigenvalue weighted by Crippen LogP contribution is -2.40.